The zero-order chi connectivity index (χ0) is 17.9. The number of carbonyl (C=O) groups excluding carboxylic acids is 2. The highest BCUT2D eigenvalue weighted by atomic mass is 32.2. The first-order valence-electron chi connectivity index (χ1n) is 7.88. The maximum Gasteiger partial charge on any atom is 0.241 e. The Balaban J connectivity index is 1.99. The summed E-state index contributed by atoms with van der Waals surface area (Å²) in [5.41, 5.74) is 6.23. The fourth-order valence-corrected chi connectivity index (χ4v) is 3.92. The molecule has 1 heterocycles. The number of nitrogens with zero attached hydrogens (tertiary/aromatic N) is 1. The van der Waals surface area contributed by atoms with Crippen LogP contribution in [0.5, 0.6) is 0 Å². The van der Waals surface area contributed by atoms with E-state index < -0.39 is 16.1 Å². The van der Waals surface area contributed by atoms with Crippen LogP contribution in [0.3, 0.4) is 0 Å². The van der Waals surface area contributed by atoms with Crippen molar-refractivity contribution in [2.45, 2.75) is 37.6 Å². The minimum absolute atomic E-state index is 0.125. The van der Waals surface area contributed by atoms with Gasteiger partial charge >= 0.3 is 0 Å². The van der Waals surface area contributed by atoms with E-state index in [0.29, 0.717) is 25.9 Å². The Morgan fingerprint density at radius 3 is 2.25 bits per heavy atom. The molecule has 132 valence electrons. The zero-order valence-electron chi connectivity index (χ0n) is 13.9. The fourth-order valence-electron chi connectivity index (χ4n) is 2.73. The lowest BCUT2D eigenvalue weighted by atomic mass is 9.96. The maximum atomic E-state index is 12.4. The monoisotopic (exact) mass is 353 g/mol. The van der Waals surface area contributed by atoms with Crippen LogP contribution in [-0.4, -0.2) is 44.3 Å². The number of rotatable bonds is 5. The summed E-state index contributed by atoms with van der Waals surface area (Å²) in [5, 5.41) is 0. The average molecular weight is 353 g/mol. The van der Waals surface area contributed by atoms with Crippen molar-refractivity contribution in [3.63, 3.8) is 0 Å². The second kappa shape index (κ2) is 7.31. The first kappa shape index (κ1) is 18.4. The molecule has 0 unspecified atom stereocenters. The molecule has 7 nitrogen and oxygen atoms in total. The van der Waals surface area contributed by atoms with Gasteiger partial charge in [0.1, 0.15) is 0 Å². The minimum Gasteiger partial charge on any atom is -0.369 e. The SMILES string of the molecule is Cc1ccc(S(=O)(=O)N[C@H](C)C(=O)N2CCC(C(N)=O)CC2)cc1. The highest BCUT2D eigenvalue weighted by Gasteiger charge is 2.30. The molecule has 3 N–H and O–H groups in total. The molecule has 1 fully saturated rings. The zero-order valence-corrected chi connectivity index (χ0v) is 14.7. The summed E-state index contributed by atoms with van der Waals surface area (Å²) in [6.07, 6.45) is 1.02. The molecule has 0 aliphatic carbocycles. The van der Waals surface area contributed by atoms with Gasteiger partial charge < -0.3 is 10.6 Å². The standard InChI is InChI=1S/C16H23N3O4S/c1-11-3-5-14(6-4-11)24(22,23)18-12(2)16(21)19-9-7-13(8-10-19)15(17)20/h3-6,12-13,18H,7-10H2,1-2H3,(H2,17,20)/t12-/m1/s1. The number of aryl methyl sites for hydroxylation is 1. The van der Waals surface area contributed by atoms with Gasteiger partial charge in [0.25, 0.3) is 0 Å². The molecule has 2 amide bonds. The molecule has 8 heteroatoms. The molecule has 1 saturated heterocycles. The van der Waals surface area contributed by atoms with Crippen LogP contribution in [-0.2, 0) is 19.6 Å². The maximum absolute atomic E-state index is 12.4. The van der Waals surface area contributed by atoms with Crippen molar-refractivity contribution < 1.29 is 18.0 Å². The third kappa shape index (κ3) is 4.33. The molecular formula is C16H23N3O4S. The van der Waals surface area contributed by atoms with Gasteiger partial charge in [0.15, 0.2) is 0 Å². The highest BCUT2D eigenvalue weighted by molar-refractivity contribution is 7.89. The Morgan fingerprint density at radius 2 is 1.75 bits per heavy atom. The van der Waals surface area contributed by atoms with Crippen LogP contribution in [0.1, 0.15) is 25.3 Å². The predicted octanol–water partition coefficient (Wildman–Crippen LogP) is 0.386. The lowest BCUT2D eigenvalue weighted by molar-refractivity contribution is -0.136. The predicted molar refractivity (Wildman–Crippen MR) is 89.5 cm³/mol. The van der Waals surface area contributed by atoms with Gasteiger partial charge in [-0.3, -0.25) is 9.59 Å². The van der Waals surface area contributed by atoms with Gasteiger partial charge in [0.05, 0.1) is 10.9 Å². The number of hydrogen-bond acceptors (Lipinski definition) is 4. The van der Waals surface area contributed by atoms with E-state index in [9.17, 15) is 18.0 Å². The molecule has 0 saturated carbocycles. The van der Waals surface area contributed by atoms with Crippen molar-refractivity contribution in [2.24, 2.45) is 11.7 Å². The second-order valence-corrected chi connectivity index (χ2v) is 7.87. The van der Waals surface area contributed by atoms with Crippen LogP contribution in [0.2, 0.25) is 0 Å². The van der Waals surface area contributed by atoms with Crippen LogP contribution >= 0.6 is 0 Å². The van der Waals surface area contributed by atoms with E-state index in [1.54, 1.807) is 17.0 Å². The molecule has 0 radical (unpaired) electrons. The molecule has 0 aromatic heterocycles. The van der Waals surface area contributed by atoms with E-state index in [-0.39, 0.29) is 22.6 Å². The fraction of sp³-hybridized carbons (Fsp3) is 0.500. The lowest BCUT2D eigenvalue weighted by Crippen LogP contribution is -2.50. The van der Waals surface area contributed by atoms with Crippen molar-refractivity contribution in [2.75, 3.05) is 13.1 Å². The number of likely N-dealkylation sites (tertiary alicyclic amines) is 1. The van der Waals surface area contributed by atoms with E-state index in [0.717, 1.165) is 5.56 Å². The molecule has 1 atom stereocenters. The van der Waals surface area contributed by atoms with E-state index >= 15 is 0 Å². The van der Waals surface area contributed by atoms with Crippen LogP contribution < -0.4 is 10.5 Å². The number of benzene rings is 1. The van der Waals surface area contributed by atoms with Gasteiger partial charge in [0, 0.05) is 19.0 Å². The van der Waals surface area contributed by atoms with Crippen LogP contribution in [0.25, 0.3) is 0 Å². The third-order valence-electron chi connectivity index (χ3n) is 4.24. The van der Waals surface area contributed by atoms with E-state index in [1.807, 2.05) is 6.92 Å². The van der Waals surface area contributed by atoms with Gasteiger partial charge in [-0.25, -0.2) is 8.42 Å². The van der Waals surface area contributed by atoms with E-state index in [4.69, 9.17) is 5.73 Å². The van der Waals surface area contributed by atoms with Gasteiger partial charge in [0.2, 0.25) is 21.8 Å². The summed E-state index contributed by atoms with van der Waals surface area (Å²) < 4.78 is 27.1. The minimum atomic E-state index is -3.76. The van der Waals surface area contributed by atoms with Crippen LogP contribution in [0.15, 0.2) is 29.2 Å². The summed E-state index contributed by atoms with van der Waals surface area (Å²) in [6.45, 7) is 4.20. The molecule has 1 aromatic rings. The average Bonchev–Trinajstić information content (AvgIpc) is 2.54. The largest absolute Gasteiger partial charge is 0.369 e. The molecule has 1 aromatic carbocycles. The van der Waals surface area contributed by atoms with Crippen molar-refractivity contribution in [1.29, 1.82) is 0 Å². The number of nitrogens with two attached hydrogens (primary N) is 1. The van der Waals surface area contributed by atoms with Crippen molar-refractivity contribution in [3.05, 3.63) is 29.8 Å². The first-order chi connectivity index (χ1) is 11.2. The highest BCUT2D eigenvalue weighted by Crippen LogP contribution is 2.18. The molecule has 0 spiro atoms. The molecule has 24 heavy (non-hydrogen) atoms. The first-order valence-corrected chi connectivity index (χ1v) is 9.36. The van der Waals surface area contributed by atoms with Crippen molar-refractivity contribution in [1.82, 2.24) is 9.62 Å². The second-order valence-electron chi connectivity index (χ2n) is 6.16. The number of amides is 2. The van der Waals surface area contributed by atoms with Crippen molar-refractivity contribution in [3.8, 4) is 0 Å². The number of carbonyl (C=O) groups is 2. The lowest BCUT2D eigenvalue weighted by Gasteiger charge is -2.32. The molecule has 1 aliphatic heterocycles. The van der Waals surface area contributed by atoms with Gasteiger partial charge in [-0.05, 0) is 38.8 Å². The summed E-state index contributed by atoms with van der Waals surface area (Å²) in [7, 11) is -3.76. The smallest absolute Gasteiger partial charge is 0.241 e. The summed E-state index contributed by atoms with van der Waals surface area (Å²) in [6, 6.07) is 5.55. The Kier molecular flexibility index (Phi) is 5.61. The van der Waals surface area contributed by atoms with Crippen molar-refractivity contribution >= 4 is 21.8 Å². The summed E-state index contributed by atoms with van der Waals surface area (Å²) >= 11 is 0. The molecule has 1 aliphatic rings. The Morgan fingerprint density at radius 1 is 1.21 bits per heavy atom. The molecule has 0 bridgehead atoms. The Labute approximate surface area is 142 Å². The third-order valence-corrected chi connectivity index (χ3v) is 5.80. The number of hydrogen-bond donors (Lipinski definition) is 2. The number of piperidine rings is 1. The Bertz CT molecular complexity index is 707. The number of primary amides is 1. The van der Waals surface area contributed by atoms with Crippen LogP contribution in [0, 0.1) is 12.8 Å². The normalized spacial score (nSPS) is 17.5. The quantitative estimate of drug-likeness (QED) is 0.797. The van der Waals surface area contributed by atoms with E-state index in [1.165, 1.54) is 19.1 Å². The number of nitrogens with one attached hydrogen (secondary N) is 1. The summed E-state index contributed by atoms with van der Waals surface area (Å²) in [4.78, 5) is 25.3. The Hall–Kier alpha value is -1.93. The van der Waals surface area contributed by atoms with Gasteiger partial charge in [-0.15, -0.1) is 0 Å². The van der Waals surface area contributed by atoms with Gasteiger partial charge in [-0.2, -0.15) is 4.72 Å². The van der Waals surface area contributed by atoms with E-state index in [2.05, 4.69) is 4.72 Å². The molecule has 2 rings (SSSR count). The molecular weight excluding hydrogens is 330 g/mol. The van der Waals surface area contributed by atoms with Gasteiger partial charge in [-0.1, -0.05) is 17.7 Å². The number of sulfonamides is 1. The topological polar surface area (TPSA) is 110 Å². The van der Waals surface area contributed by atoms with Crippen LogP contribution in [0.4, 0.5) is 0 Å². The summed E-state index contributed by atoms with van der Waals surface area (Å²) in [5.74, 6) is -0.863.